The lowest BCUT2D eigenvalue weighted by Crippen LogP contribution is -2.33. The van der Waals surface area contributed by atoms with E-state index in [2.05, 4.69) is 26.0 Å². The van der Waals surface area contributed by atoms with E-state index in [1.165, 1.54) is 17.9 Å². The van der Waals surface area contributed by atoms with Crippen molar-refractivity contribution in [2.45, 2.75) is 40.0 Å². The zero-order valence-electron chi connectivity index (χ0n) is 19.5. The maximum Gasteiger partial charge on any atom is 0.414 e. The molecule has 3 aromatic rings. The van der Waals surface area contributed by atoms with E-state index in [4.69, 9.17) is 4.74 Å². The molecule has 2 aromatic carbocycles. The molecule has 0 aliphatic carbocycles. The molecule has 180 valence electrons. The van der Waals surface area contributed by atoms with Gasteiger partial charge in [-0.25, -0.2) is 9.18 Å². The van der Waals surface area contributed by atoms with Crippen LogP contribution in [0.25, 0.3) is 11.1 Å². The van der Waals surface area contributed by atoms with Gasteiger partial charge in [0.05, 0.1) is 30.7 Å². The normalized spacial score (nSPS) is 14.9. The van der Waals surface area contributed by atoms with Crippen molar-refractivity contribution < 1.29 is 18.7 Å². The zero-order chi connectivity index (χ0) is 24.5. The summed E-state index contributed by atoms with van der Waals surface area (Å²) in [4.78, 5) is 24.6. The van der Waals surface area contributed by atoms with Gasteiger partial charge < -0.3 is 15.4 Å². The van der Waals surface area contributed by atoms with Crippen LogP contribution in [-0.2, 0) is 22.6 Å². The van der Waals surface area contributed by atoms with Crippen LogP contribution in [0.15, 0.2) is 48.7 Å². The van der Waals surface area contributed by atoms with Crippen LogP contribution in [0.4, 0.5) is 14.9 Å². The van der Waals surface area contributed by atoms with Crippen molar-refractivity contribution in [3.63, 3.8) is 0 Å². The Labute approximate surface area is 197 Å². The molecule has 1 unspecified atom stereocenters. The third-order valence-corrected chi connectivity index (χ3v) is 5.08. The molecule has 9 nitrogen and oxygen atoms in total. The van der Waals surface area contributed by atoms with Crippen LogP contribution in [0.2, 0.25) is 0 Å². The summed E-state index contributed by atoms with van der Waals surface area (Å²) in [6.07, 6.45) is 0.627. The summed E-state index contributed by atoms with van der Waals surface area (Å²) in [6, 6.07) is 12.2. The van der Waals surface area contributed by atoms with Crippen LogP contribution in [-0.4, -0.2) is 46.6 Å². The van der Waals surface area contributed by atoms with Gasteiger partial charge in [-0.2, -0.15) is 15.4 Å². The Morgan fingerprint density at radius 3 is 2.62 bits per heavy atom. The predicted molar refractivity (Wildman–Crippen MR) is 126 cm³/mol. The molecule has 1 aliphatic rings. The molecule has 0 bridgehead atoms. The summed E-state index contributed by atoms with van der Waals surface area (Å²) in [6.45, 7) is 7.10. The van der Waals surface area contributed by atoms with Gasteiger partial charge in [-0.3, -0.25) is 9.69 Å². The fourth-order valence-electron chi connectivity index (χ4n) is 3.45. The second kappa shape index (κ2) is 11.9. The molecule has 34 heavy (non-hydrogen) atoms. The highest BCUT2D eigenvalue weighted by Gasteiger charge is 2.32. The minimum Gasteiger partial charge on any atom is -0.442 e. The number of carbonyl (C=O) groups is 2. The second-order valence-corrected chi connectivity index (χ2v) is 7.48. The molecule has 1 fully saturated rings. The van der Waals surface area contributed by atoms with E-state index in [1.54, 1.807) is 18.3 Å². The Kier molecular flexibility index (Phi) is 8.69. The topological polar surface area (TPSA) is 112 Å². The fraction of sp³-hybridized carbons (Fsp3) is 0.333. The van der Waals surface area contributed by atoms with E-state index in [1.807, 2.05) is 38.1 Å². The van der Waals surface area contributed by atoms with Crippen LogP contribution >= 0.6 is 0 Å². The number of cyclic esters (lactones) is 1. The maximum atomic E-state index is 14.9. The molecule has 3 N–H and O–H groups in total. The number of hydrogen-bond donors (Lipinski definition) is 3. The first-order valence-electron chi connectivity index (χ1n) is 11.2. The average molecular weight is 469 g/mol. The third-order valence-electron chi connectivity index (χ3n) is 5.08. The van der Waals surface area contributed by atoms with Crippen molar-refractivity contribution in [3.05, 3.63) is 65.7 Å². The van der Waals surface area contributed by atoms with Gasteiger partial charge in [0.1, 0.15) is 11.9 Å². The van der Waals surface area contributed by atoms with Crippen molar-refractivity contribution in [3.8, 4) is 11.1 Å². The number of halogens is 1. The van der Waals surface area contributed by atoms with Crippen LogP contribution in [0.1, 0.15) is 32.0 Å². The summed E-state index contributed by atoms with van der Waals surface area (Å²) in [5.41, 5.74) is 3.47. The number of H-pyrrole nitrogens is 1. The first kappa shape index (κ1) is 24.8. The van der Waals surface area contributed by atoms with Gasteiger partial charge in [0.15, 0.2) is 0 Å². The molecule has 2 heterocycles. The second-order valence-electron chi connectivity index (χ2n) is 7.48. The fourth-order valence-corrected chi connectivity index (χ4v) is 3.45. The smallest absolute Gasteiger partial charge is 0.414 e. The number of nitrogens with one attached hydrogen (secondary N) is 3. The summed E-state index contributed by atoms with van der Waals surface area (Å²) < 4.78 is 20.1. The first-order valence-corrected chi connectivity index (χ1v) is 11.2. The molecular weight excluding hydrogens is 439 g/mol. The van der Waals surface area contributed by atoms with Gasteiger partial charge in [-0.05, 0) is 29.3 Å². The first-order chi connectivity index (χ1) is 16.5. The Morgan fingerprint density at radius 2 is 1.97 bits per heavy atom. The Hall–Kier alpha value is -3.79. The van der Waals surface area contributed by atoms with Crippen LogP contribution < -0.4 is 15.5 Å². The zero-order valence-corrected chi connectivity index (χ0v) is 19.5. The Balaban J connectivity index is 0.00000158. The van der Waals surface area contributed by atoms with Crippen LogP contribution in [0.5, 0.6) is 0 Å². The number of ether oxygens (including phenoxy) is 1. The minimum absolute atomic E-state index is 0.202. The van der Waals surface area contributed by atoms with E-state index in [0.29, 0.717) is 24.3 Å². The Morgan fingerprint density at radius 1 is 1.21 bits per heavy atom. The molecule has 0 saturated carbocycles. The largest absolute Gasteiger partial charge is 0.442 e. The predicted octanol–water partition coefficient (Wildman–Crippen LogP) is 3.39. The van der Waals surface area contributed by atoms with Crippen molar-refractivity contribution in [2.24, 2.45) is 0 Å². The standard InChI is InChI=1S/C22H23FN6O3.C2H6/c1-14(30)25-12-19-13-29(22(31)32-19)18-6-7-20(21(23)8-18)16-4-2-15(3-5-16)9-24-10-17-11-26-28-27-17;1-2/h2-8,11,19,24H,9-10,12-13H2,1H3,(H,25,30)(H,26,27,28);1-2H3. The number of nitrogens with zero attached hydrogens (tertiary/aromatic N) is 3. The molecule has 4 rings (SSSR count). The molecule has 0 radical (unpaired) electrons. The van der Waals surface area contributed by atoms with Gasteiger partial charge >= 0.3 is 6.09 Å². The van der Waals surface area contributed by atoms with Gasteiger partial charge in [0, 0.05) is 25.6 Å². The molecule has 10 heteroatoms. The van der Waals surface area contributed by atoms with E-state index in [-0.39, 0.29) is 19.0 Å². The SMILES string of the molecule is CC.CC(=O)NCC1CN(c2ccc(-c3ccc(CNCc4cn[nH]n4)cc3)c(F)c2)C(=O)O1. The number of amides is 2. The van der Waals surface area contributed by atoms with E-state index in [0.717, 1.165) is 16.8 Å². The highest BCUT2D eigenvalue weighted by Crippen LogP contribution is 2.29. The lowest BCUT2D eigenvalue weighted by atomic mass is 10.0. The molecule has 1 atom stereocenters. The number of hydrogen-bond acceptors (Lipinski definition) is 6. The highest BCUT2D eigenvalue weighted by molar-refractivity contribution is 5.90. The molecular formula is C24H29FN6O3. The van der Waals surface area contributed by atoms with E-state index < -0.39 is 18.0 Å². The summed E-state index contributed by atoms with van der Waals surface area (Å²) >= 11 is 0. The van der Waals surface area contributed by atoms with Crippen LogP contribution in [0, 0.1) is 5.82 Å². The van der Waals surface area contributed by atoms with Gasteiger partial charge in [0.25, 0.3) is 0 Å². The third kappa shape index (κ3) is 6.38. The lowest BCUT2D eigenvalue weighted by molar-refractivity contribution is -0.119. The summed E-state index contributed by atoms with van der Waals surface area (Å²) in [5, 5.41) is 16.2. The number of benzene rings is 2. The number of aromatic amines is 1. The van der Waals surface area contributed by atoms with Crippen molar-refractivity contribution >= 4 is 17.7 Å². The summed E-state index contributed by atoms with van der Waals surface area (Å²) in [7, 11) is 0. The molecule has 1 saturated heterocycles. The average Bonchev–Trinajstić information content (AvgIpc) is 3.49. The van der Waals surface area contributed by atoms with Gasteiger partial charge in [-0.15, -0.1) is 0 Å². The highest BCUT2D eigenvalue weighted by atomic mass is 19.1. The van der Waals surface area contributed by atoms with E-state index in [9.17, 15) is 14.0 Å². The number of aromatic nitrogens is 3. The van der Waals surface area contributed by atoms with Crippen molar-refractivity contribution in [1.82, 2.24) is 26.0 Å². The number of anilines is 1. The van der Waals surface area contributed by atoms with E-state index >= 15 is 0 Å². The molecule has 1 aliphatic heterocycles. The lowest BCUT2D eigenvalue weighted by Gasteiger charge is -2.15. The van der Waals surface area contributed by atoms with Crippen LogP contribution in [0.3, 0.4) is 0 Å². The maximum absolute atomic E-state index is 14.9. The number of carbonyl (C=O) groups excluding carboxylic acids is 2. The minimum atomic E-state index is -0.560. The summed E-state index contributed by atoms with van der Waals surface area (Å²) in [5.74, 6) is -0.635. The Bertz CT molecular complexity index is 1090. The quantitative estimate of drug-likeness (QED) is 0.467. The molecule has 1 aromatic heterocycles. The number of rotatable bonds is 8. The molecule has 0 spiro atoms. The van der Waals surface area contributed by atoms with Crippen molar-refractivity contribution in [1.29, 1.82) is 0 Å². The monoisotopic (exact) mass is 468 g/mol. The van der Waals surface area contributed by atoms with Gasteiger partial charge in [0.2, 0.25) is 5.91 Å². The molecule has 2 amide bonds. The van der Waals surface area contributed by atoms with Gasteiger partial charge in [-0.1, -0.05) is 38.1 Å². The van der Waals surface area contributed by atoms with Crippen molar-refractivity contribution in [2.75, 3.05) is 18.0 Å².